The summed E-state index contributed by atoms with van der Waals surface area (Å²) in [6.45, 7) is 2.19. The van der Waals surface area contributed by atoms with E-state index in [2.05, 4.69) is 10.5 Å². The van der Waals surface area contributed by atoms with Gasteiger partial charge in [0.1, 0.15) is 12.4 Å². The van der Waals surface area contributed by atoms with Gasteiger partial charge in [-0.05, 0) is 55.0 Å². The molecular formula is C23H19Cl2FN2O3. The molecule has 8 heteroatoms. The Kier molecular flexibility index (Phi) is 7.87. The minimum atomic E-state index is -0.381. The first-order valence-electron chi connectivity index (χ1n) is 9.39. The second-order valence-electron chi connectivity index (χ2n) is 6.35. The molecule has 0 aliphatic heterocycles. The number of nitrogens with zero attached hydrogens (tertiary/aromatic N) is 1. The van der Waals surface area contributed by atoms with Crippen molar-refractivity contribution in [3.8, 4) is 11.5 Å². The van der Waals surface area contributed by atoms with Crippen LogP contribution in [0, 0.1) is 5.82 Å². The first kappa shape index (κ1) is 22.6. The number of hydrogen-bond acceptors (Lipinski definition) is 4. The number of amides is 1. The molecule has 0 fully saturated rings. The summed E-state index contributed by atoms with van der Waals surface area (Å²) in [6, 6.07) is 16.0. The Hall–Kier alpha value is -3.09. The maximum atomic E-state index is 13.8. The molecule has 0 aromatic heterocycles. The molecule has 3 aromatic carbocycles. The summed E-state index contributed by atoms with van der Waals surface area (Å²) in [5.74, 6) is -0.0587. The minimum Gasteiger partial charge on any atom is -0.490 e. The number of hydrogen-bond donors (Lipinski definition) is 1. The van der Waals surface area contributed by atoms with Gasteiger partial charge in [0, 0.05) is 16.1 Å². The number of hydrazone groups is 1. The Labute approximate surface area is 189 Å². The van der Waals surface area contributed by atoms with Crippen molar-refractivity contribution in [1.29, 1.82) is 0 Å². The molecule has 0 saturated carbocycles. The Balaban J connectivity index is 1.73. The van der Waals surface area contributed by atoms with Gasteiger partial charge in [-0.3, -0.25) is 4.79 Å². The number of nitrogens with one attached hydrogen (secondary N) is 1. The summed E-state index contributed by atoms with van der Waals surface area (Å²) in [6.07, 6.45) is 1.43. The number of halogens is 3. The van der Waals surface area contributed by atoms with Crippen LogP contribution in [0.1, 0.15) is 28.4 Å². The topological polar surface area (TPSA) is 59.9 Å². The van der Waals surface area contributed by atoms with Crippen LogP contribution in [0.5, 0.6) is 11.5 Å². The fraction of sp³-hybridized carbons (Fsp3) is 0.130. The number of carbonyl (C=O) groups excluding carboxylic acids is 1. The van der Waals surface area contributed by atoms with Crippen molar-refractivity contribution in [2.75, 3.05) is 6.61 Å². The summed E-state index contributed by atoms with van der Waals surface area (Å²) in [7, 11) is 0. The van der Waals surface area contributed by atoms with E-state index in [0.717, 1.165) is 0 Å². The third kappa shape index (κ3) is 6.20. The SMILES string of the molecule is CCOc1cc(/C=N\NC(=O)c2ccc(Cl)cc2)cc(Cl)c1OCc1ccccc1F. The third-order valence-corrected chi connectivity index (χ3v) is 4.68. The lowest BCUT2D eigenvalue weighted by Crippen LogP contribution is -2.17. The lowest BCUT2D eigenvalue weighted by Gasteiger charge is -2.14. The summed E-state index contributed by atoms with van der Waals surface area (Å²) in [5, 5.41) is 4.76. The van der Waals surface area contributed by atoms with E-state index in [1.807, 2.05) is 6.92 Å². The van der Waals surface area contributed by atoms with Gasteiger partial charge in [0.2, 0.25) is 0 Å². The molecule has 0 unspecified atom stereocenters. The van der Waals surface area contributed by atoms with Gasteiger partial charge >= 0.3 is 0 Å². The molecule has 1 N–H and O–H groups in total. The van der Waals surface area contributed by atoms with E-state index < -0.39 is 0 Å². The molecule has 0 atom stereocenters. The van der Waals surface area contributed by atoms with Gasteiger partial charge in [0.15, 0.2) is 11.5 Å². The molecule has 0 bridgehead atoms. The average molecular weight is 461 g/mol. The fourth-order valence-electron chi connectivity index (χ4n) is 2.66. The van der Waals surface area contributed by atoms with E-state index in [4.69, 9.17) is 32.7 Å². The van der Waals surface area contributed by atoms with Crippen LogP contribution in [0.2, 0.25) is 10.0 Å². The molecule has 3 rings (SSSR count). The van der Waals surface area contributed by atoms with E-state index in [9.17, 15) is 9.18 Å². The monoisotopic (exact) mass is 460 g/mol. The Morgan fingerprint density at radius 3 is 2.55 bits per heavy atom. The van der Waals surface area contributed by atoms with Crippen molar-refractivity contribution in [3.05, 3.63) is 93.2 Å². The molecule has 3 aromatic rings. The molecule has 1 amide bonds. The van der Waals surface area contributed by atoms with Gasteiger partial charge in [-0.1, -0.05) is 41.4 Å². The second kappa shape index (κ2) is 10.8. The third-order valence-electron chi connectivity index (χ3n) is 4.15. The summed E-state index contributed by atoms with van der Waals surface area (Å²) < 4.78 is 25.2. The maximum absolute atomic E-state index is 13.8. The molecule has 5 nitrogen and oxygen atoms in total. The van der Waals surface area contributed by atoms with Crippen LogP contribution in [-0.4, -0.2) is 18.7 Å². The first-order valence-corrected chi connectivity index (χ1v) is 10.1. The smallest absolute Gasteiger partial charge is 0.271 e. The fourth-order valence-corrected chi connectivity index (χ4v) is 3.06. The largest absolute Gasteiger partial charge is 0.490 e. The van der Waals surface area contributed by atoms with Crippen LogP contribution in [0.15, 0.2) is 65.8 Å². The predicted molar refractivity (Wildman–Crippen MR) is 120 cm³/mol. The highest BCUT2D eigenvalue weighted by molar-refractivity contribution is 6.32. The first-order chi connectivity index (χ1) is 15.0. The lowest BCUT2D eigenvalue weighted by atomic mass is 10.2. The zero-order valence-corrected chi connectivity index (χ0v) is 18.1. The molecule has 31 heavy (non-hydrogen) atoms. The Bertz CT molecular complexity index is 1090. The van der Waals surface area contributed by atoms with E-state index in [1.54, 1.807) is 54.6 Å². The highest BCUT2D eigenvalue weighted by atomic mass is 35.5. The predicted octanol–water partition coefficient (Wildman–Crippen LogP) is 5.87. The summed E-state index contributed by atoms with van der Waals surface area (Å²) in [5.41, 5.74) is 3.84. The summed E-state index contributed by atoms with van der Waals surface area (Å²) in [4.78, 5) is 12.1. The van der Waals surface area contributed by atoms with E-state index in [-0.39, 0.29) is 23.4 Å². The van der Waals surface area contributed by atoms with Crippen molar-refractivity contribution in [2.45, 2.75) is 13.5 Å². The molecule has 0 spiro atoms. The average Bonchev–Trinajstić information content (AvgIpc) is 2.75. The Morgan fingerprint density at radius 1 is 1.10 bits per heavy atom. The zero-order valence-electron chi connectivity index (χ0n) is 16.6. The van der Waals surface area contributed by atoms with Gasteiger partial charge in [-0.2, -0.15) is 5.10 Å². The molecular weight excluding hydrogens is 442 g/mol. The van der Waals surface area contributed by atoms with Crippen molar-refractivity contribution in [3.63, 3.8) is 0 Å². The van der Waals surface area contributed by atoms with Crippen molar-refractivity contribution in [2.24, 2.45) is 5.10 Å². The quantitative estimate of drug-likeness (QED) is 0.337. The van der Waals surface area contributed by atoms with Crippen LogP contribution >= 0.6 is 23.2 Å². The van der Waals surface area contributed by atoms with Gasteiger partial charge in [0.05, 0.1) is 17.8 Å². The van der Waals surface area contributed by atoms with E-state index in [1.165, 1.54) is 12.3 Å². The number of benzene rings is 3. The van der Waals surface area contributed by atoms with Gasteiger partial charge in [-0.25, -0.2) is 9.82 Å². The van der Waals surface area contributed by atoms with E-state index in [0.29, 0.717) is 39.8 Å². The van der Waals surface area contributed by atoms with Crippen molar-refractivity contribution < 1.29 is 18.7 Å². The maximum Gasteiger partial charge on any atom is 0.271 e. The standard InChI is InChI=1S/C23H19Cl2FN2O3/c1-2-30-21-12-15(13-27-28-23(29)16-7-9-18(24)10-8-16)11-19(25)22(21)31-14-17-5-3-4-6-20(17)26/h3-13H,2,14H2,1H3,(H,28,29)/b27-13-. The molecule has 0 aliphatic carbocycles. The van der Waals surface area contributed by atoms with Gasteiger partial charge in [0.25, 0.3) is 5.91 Å². The van der Waals surface area contributed by atoms with Crippen LogP contribution < -0.4 is 14.9 Å². The summed E-state index contributed by atoms with van der Waals surface area (Å²) >= 11 is 12.2. The molecule has 0 radical (unpaired) electrons. The number of carbonyl (C=O) groups is 1. The Morgan fingerprint density at radius 2 is 1.84 bits per heavy atom. The number of rotatable bonds is 8. The van der Waals surface area contributed by atoms with Gasteiger partial charge < -0.3 is 9.47 Å². The zero-order chi connectivity index (χ0) is 22.2. The highest BCUT2D eigenvalue weighted by Crippen LogP contribution is 2.37. The van der Waals surface area contributed by atoms with Gasteiger partial charge in [-0.15, -0.1) is 0 Å². The molecule has 160 valence electrons. The molecule has 0 heterocycles. The number of ether oxygens (including phenoxy) is 2. The van der Waals surface area contributed by atoms with E-state index >= 15 is 0 Å². The second-order valence-corrected chi connectivity index (χ2v) is 7.19. The van der Waals surface area contributed by atoms with Crippen LogP contribution in [0.4, 0.5) is 4.39 Å². The van der Waals surface area contributed by atoms with Crippen LogP contribution in [-0.2, 0) is 6.61 Å². The minimum absolute atomic E-state index is 0.00292. The van der Waals surface area contributed by atoms with Crippen molar-refractivity contribution >= 4 is 35.3 Å². The van der Waals surface area contributed by atoms with Crippen LogP contribution in [0.25, 0.3) is 0 Å². The molecule has 0 aliphatic rings. The highest BCUT2D eigenvalue weighted by Gasteiger charge is 2.13. The molecule has 0 saturated heterocycles. The van der Waals surface area contributed by atoms with Crippen molar-refractivity contribution in [1.82, 2.24) is 5.43 Å². The van der Waals surface area contributed by atoms with Crippen LogP contribution in [0.3, 0.4) is 0 Å². The normalized spacial score (nSPS) is 10.8. The lowest BCUT2D eigenvalue weighted by molar-refractivity contribution is 0.0955.